The van der Waals surface area contributed by atoms with Crippen LogP contribution in [0.3, 0.4) is 0 Å². The van der Waals surface area contributed by atoms with Crippen molar-refractivity contribution in [1.82, 2.24) is 4.57 Å². The van der Waals surface area contributed by atoms with Crippen molar-refractivity contribution in [3.8, 4) is 39.1 Å². The molecule has 2 heteroatoms. The summed E-state index contributed by atoms with van der Waals surface area (Å²) in [4.78, 5) is 2.40. The minimum atomic E-state index is 1.10. The van der Waals surface area contributed by atoms with Gasteiger partial charge in [-0.05, 0) is 87.6 Å². The van der Waals surface area contributed by atoms with Crippen LogP contribution in [0, 0.1) is 0 Å². The summed E-state index contributed by atoms with van der Waals surface area (Å²) in [6.07, 6.45) is 0. The lowest BCUT2D eigenvalue weighted by molar-refractivity contribution is 1.18. The fraction of sp³-hybridized carbons (Fsp3) is 0. The van der Waals surface area contributed by atoms with Gasteiger partial charge in [-0.25, -0.2) is 0 Å². The number of aromatic nitrogens is 1. The highest BCUT2D eigenvalue weighted by atomic mass is 15.1. The number of nitrogens with zero attached hydrogens (tertiary/aromatic N) is 2. The molecule has 0 aliphatic rings. The summed E-state index contributed by atoms with van der Waals surface area (Å²) in [6, 6.07) is 78.9. The zero-order valence-electron chi connectivity index (χ0n) is 29.7. The maximum Gasteiger partial charge on any atom is 0.0541 e. The highest BCUT2D eigenvalue weighted by Gasteiger charge is 2.21. The molecule has 54 heavy (non-hydrogen) atoms. The van der Waals surface area contributed by atoms with Crippen LogP contribution in [0.2, 0.25) is 0 Å². The molecule has 0 N–H and O–H groups in total. The molecule has 254 valence electrons. The van der Waals surface area contributed by atoms with Gasteiger partial charge in [0.05, 0.1) is 22.4 Å². The number of fused-ring (bicyclic) bond motifs is 4. The predicted octanol–water partition coefficient (Wildman–Crippen LogP) is 14.4. The van der Waals surface area contributed by atoms with Crippen LogP contribution in [0.25, 0.3) is 71.6 Å². The van der Waals surface area contributed by atoms with E-state index in [-0.39, 0.29) is 0 Å². The molecule has 0 radical (unpaired) electrons. The lowest BCUT2D eigenvalue weighted by atomic mass is 9.92. The minimum Gasteiger partial charge on any atom is -0.310 e. The fourth-order valence-corrected chi connectivity index (χ4v) is 8.11. The normalized spacial score (nSPS) is 11.3. The Kier molecular flexibility index (Phi) is 7.85. The maximum absolute atomic E-state index is 2.43. The van der Waals surface area contributed by atoms with E-state index in [9.17, 15) is 0 Å². The zero-order chi connectivity index (χ0) is 35.8. The van der Waals surface area contributed by atoms with Crippen molar-refractivity contribution in [3.63, 3.8) is 0 Å². The predicted molar refractivity (Wildman–Crippen MR) is 229 cm³/mol. The SMILES string of the molecule is c1ccc(-c2ccc(N(c3ccccc3)c3ccc(-c4ccccc4-n4c5ccccc5c5ccccc54)cc3-c3cccc4ccccc34)cc2)cc1. The molecule has 0 spiro atoms. The third kappa shape index (κ3) is 5.44. The molecular weight excluding hydrogens is 653 g/mol. The van der Waals surface area contributed by atoms with Crippen LogP contribution < -0.4 is 4.90 Å². The Morgan fingerprint density at radius 3 is 1.57 bits per heavy atom. The lowest BCUT2D eigenvalue weighted by Crippen LogP contribution is -2.11. The first-order valence-corrected chi connectivity index (χ1v) is 18.5. The standard InChI is InChI=1S/C52H36N2/c1-3-16-37(17-4-1)38-30-33-42(34-31-38)53(41-20-5-2-6-21-41)52-35-32-40(36-48(52)45-26-15-19-39-18-7-8-22-43(39)45)44-23-9-12-27-49(44)54-50-28-13-10-24-46(50)47-25-11-14-29-51(47)54/h1-36H. The molecular formula is C52H36N2. The second-order valence-corrected chi connectivity index (χ2v) is 13.7. The van der Waals surface area contributed by atoms with Crippen molar-refractivity contribution < 1.29 is 0 Å². The topological polar surface area (TPSA) is 8.17 Å². The van der Waals surface area contributed by atoms with Crippen LogP contribution in [-0.2, 0) is 0 Å². The van der Waals surface area contributed by atoms with Gasteiger partial charge in [0.25, 0.3) is 0 Å². The van der Waals surface area contributed by atoms with Crippen LogP contribution in [-0.4, -0.2) is 4.57 Å². The van der Waals surface area contributed by atoms with Crippen LogP contribution >= 0.6 is 0 Å². The molecule has 2 nitrogen and oxygen atoms in total. The molecule has 0 atom stereocenters. The van der Waals surface area contributed by atoms with Crippen molar-refractivity contribution in [2.45, 2.75) is 0 Å². The number of hydrogen-bond donors (Lipinski definition) is 0. The highest BCUT2D eigenvalue weighted by Crippen LogP contribution is 2.45. The molecule has 0 bridgehead atoms. The number of benzene rings is 9. The molecule has 1 aromatic heterocycles. The Bertz CT molecular complexity index is 2860. The molecule has 10 rings (SSSR count). The van der Waals surface area contributed by atoms with Gasteiger partial charge in [-0.1, -0.05) is 164 Å². The summed E-state index contributed by atoms with van der Waals surface area (Å²) in [6.45, 7) is 0. The molecule has 10 aromatic rings. The van der Waals surface area contributed by atoms with Crippen molar-refractivity contribution in [3.05, 3.63) is 218 Å². The number of anilines is 3. The van der Waals surface area contributed by atoms with Crippen molar-refractivity contribution in [1.29, 1.82) is 0 Å². The average Bonchev–Trinajstić information content (AvgIpc) is 3.59. The zero-order valence-corrected chi connectivity index (χ0v) is 29.7. The number of hydrogen-bond acceptors (Lipinski definition) is 1. The van der Waals surface area contributed by atoms with E-state index in [1.807, 2.05) is 0 Å². The molecule has 9 aromatic carbocycles. The second-order valence-electron chi connectivity index (χ2n) is 13.7. The van der Waals surface area contributed by atoms with E-state index in [0.717, 1.165) is 33.9 Å². The lowest BCUT2D eigenvalue weighted by Gasteiger charge is -2.29. The summed E-state index contributed by atoms with van der Waals surface area (Å²) in [5.41, 5.74) is 14.0. The molecule has 1 heterocycles. The minimum absolute atomic E-state index is 1.10. The quantitative estimate of drug-likeness (QED) is 0.162. The largest absolute Gasteiger partial charge is 0.310 e. The van der Waals surface area contributed by atoms with Gasteiger partial charge in [0.2, 0.25) is 0 Å². The average molecular weight is 689 g/mol. The van der Waals surface area contributed by atoms with E-state index >= 15 is 0 Å². The van der Waals surface area contributed by atoms with Gasteiger partial charge in [-0.3, -0.25) is 0 Å². The van der Waals surface area contributed by atoms with E-state index in [4.69, 9.17) is 0 Å². The number of para-hydroxylation sites is 4. The molecule has 0 amide bonds. The summed E-state index contributed by atoms with van der Waals surface area (Å²) < 4.78 is 2.43. The summed E-state index contributed by atoms with van der Waals surface area (Å²) >= 11 is 0. The van der Waals surface area contributed by atoms with Gasteiger partial charge < -0.3 is 9.47 Å². The first-order chi connectivity index (χ1) is 26.8. The highest BCUT2D eigenvalue weighted by molar-refractivity contribution is 6.10. The first-order valence-electron chi connectivity index (χ1n) is 18.5. The van der Waals surface area contributed by atoms with E-state index in [1.54, 1.807) is 0 Å². The van der Waals surface area contributed by atoms with Gasteiger partial charge in [0.1, 0.15) is 0 Å². The molecule has 0 saturated heterocycles. The van der Waals surface area contributed by atoms with Gasteiger partial charge >= 0.3 is 0 Å². The van der Waals surface area contributed by atoms with Crippen LogP contribution in [0.15, 0.2) is 218 Å². The molecule has 0 aliphatic carbocycles. The van der Waals surface area contributed by atoms with E-state index in [1.165, 1.54) is 54.8 Å². The monoisotopic (exact) mass is 688 g/mol. The van der Waals surface area contributed by atoms with E-state index in [0.29, 0.717) is 0 Å². The molecule has 0 unspecified atom stereocenters. The van der Waals surface area contributed by atoms with Crippen molar-refractivity contribution in [2.75, 3.05) is 4.90 Å². The number of rotatable bonds is 7. The van der Waals surface area contributed by atoms with Gasteiger partial charge in [-0.15, -0.1) is 0 Å². The Hall–Kier alpha value is -7.16. The Morgan fingerprint density at radius 1 is 0.315 bits per heavy atom. The third-order valence-electron chi connectivity index (χ3n) is 10.6. The molecule has 0 fully saturated rings. The first kappa shape index (κ1) is 31.6. The second kappa shape index (κ2) is 13.4. The smallest absolute Gasteiger partial charge is 0.0541 e. The Balaban J connectivity index is 1.21. The van der Waals surface area contributed by atoms with Gasteiger partial charge in [0, 0.05) is 33.3 Å². The Labute approximate surface area is 315 Å². The summed E-state index contributed by atoms with van der Waals surface area (Å²) in [5.74, 6) is 0. The fourth-order valence-electron chi connectivity index (χ4n) is 8.11. The third-order valence-corrected chi connectivity index (χ3v) is 10.6. The van der Waals surface area contributed by atoms with Crippen molar-refractivity contribution >= 4 is 49.6 Å². The van der Waals surface area contributed by atoms with E-state index in [2.05, 4.69) is 228 Å². The Morgan fingerprint density at radius 2 is 0.833 bits per heavy atom. The van der Waals surface area contributed by atoms with E-state index < -0.39 is 0 Å². The summed E-state index contributed by atoms with van der Waals surface area (Å²) in [7, 11) is 0. The van der Waals surface area contributed by atoms with Crippen LogP contribution in [0.4, 0.5) is 17.1 Å². The van der Waals surface area contributed by atoms with Crippen LogP contribution in [0.5, 0.6) is 0 Å². The molecule has 0 aliphatic heterocycles. The molecule has 0 saturated carbocycles. The summed E-state index contributed by atoms with van der Waals surface area (Å²) in [5, 5.41) is 4.95. The van der Waals surface area contributed by atoms with Gasteiger partial charge in [0.15, 0.2) is 0 Å². The van der Waals surface area contributed by atoms with Gasteiger partial charge in [-0.2, -0.15) is 0 Å². The maximum atomic E-state index is 2.43. The van der Waals surface area contributed by atoms with Crippen LogP contribution in [0.1, 0.15) is 0 Å². The van der Waals surface area contributed by atoms with Crippen molar-refractivity contribution in [2.24, 2.45) is 0 Å².